The standard InChI is InChI=1S/C10H13NO2S/c11-8-5-7(4-3-6-1-2-6)14-9(8)10(12)13/h5-6H,1-4,11H2,(H,12,13). The molecule has 1 saturated carbocycles. The summed E-state index contributed by atoms with van der Waals surface area (Å²) >= 11 is 1.31. The minimum atomic E-state index is -0.912. The SMILES string of the molecule is Nc1cc(CCC2CC2)sc1C(=O)O. The molecule has 0 amide bonds. The van der Waals surface area contributed by atoms with E-state index in [2.05, 4.69) is 0 Å². The molecule has 4 heteroatoms. The number of hydrogen-bond acceptors (Lipinski definition) is 3. The summed E-state index contributed by atoms with van der Waals surface area (Å²) in [4.78, 5) is 12.1. The molecule has 0 aromatic carbocycles. The maximum Gasteiger partial charge on any atom is 0.348 e. The fraction of sp³-hybridized carbons (Fsp3) is 0.500. The number of nitrogens with two attached hydrogens (primary N) is 1. The van der Waals surface area contributed by atoms with Crippen molar-refractivity contribution in [3.05, 3.63) is 15.8 Å². The van der Waals surface area contributed by atoms with E-state index in [-0.39, 0.29) is 4.88 Å². The Bertz CT molecular complexity index is 355. The van der Waals surface area contributed by atoms with Crippen molar-refractivity contribution in [2.45, 2.75) is 25.7 Å². The second-order valence-corrected chi connectivity index (χ2v) is 4.92. The molecular weight excluding hydrogens is 198 g/mol. The zero-order chi connectivity index (χ0) is 10.1. The van der Waals surface area contributed by atoms with Gasteiger partial charge in [-0.25, -0.2) is 4.79 Å². The van der Waals surface area contributed by atoms with E-state index in [1.165, 1.54) is 30.6 Å². The van der Waals surface area contributed by atoms with Crippen molar-refractivity contribution < 1.29 is 9.90 Å². The molecule has 0 radical (unpaired) electrons. The van der Waals surface area contributed by atoms with Crippen LogP contribution in [-0.4, -0.2) is 11.1 Å². The van der Waals surface area contributed by atoms with Gasteiger partial charge in [0.1, 0.15) is 4.88 Å². The number of carboxylic acid groups (broad SMARTS) is 1. The predicted molar refractivity (Wildman–Crippen MR) is 56.7 cm³/mol. The first-order valence-corrected chi connectivity index (χ1v) is 5.60. The largest absolute Gasteiger partial charge is 0.477 e. The zero-order valence-electron chi connectivity index (χ0n) is 7.82. The molecule has 0 atom stereocenters. The Kier molecular flexibility index (Phi) is 2.46. The lowest BCUT2D eigenvalue weighted by Gasteiger charge is -1.92. The topological polar surface area (TPSA) is 63.3 Å². The van der Waals surface area contributed by atoms with Gasteiger partial charge in [0.05, 0.1) is 5.69 Å². The summed E-state index contributed by atoms with van der Waals surface area (Å²) < 4.78 is 0. The van der Waals surface area contributed by atoms with Crippen LogP contribution in [0.5, 0.6) is 0 Å². The number of hydrogen-bond donors (Lipinski definition) is 2. The quantitative estimate of drug-likeness (QED) is 0.803. The molecule has 3 N–H and O–H groups in total. The van der Waals surface area contributed by atoms with Gasteiger partial charge in [-0.2, -0.15) is 0 Å². The van der Waals surface area contributed by atoms with Crippen LogP contribution in [0.4, 0.5) is 5.69 Å². The highest BCUT2D eigenvalue weighted by molar-refractivity contribution is 7.14. The number of anilines is 1. The number of nitrogen functional groups attached to an aromatic ring is 1. The van der Waals surface area contributed by atoms with Crippen molar-refractivity contribution in [2.75, 3.05) is 5.73 Å². The van der Waals surface area contributed by atoms with Gasteiger partial charge in [-0.05, 0) is 24.8 Å². The van der Waals surface area contributed by atoms with E-state index in [1.54, 1.807) is 6.07 Å². The van der Waals surface area contributed by atoms with Gasteiger partial charge in [0.15, 0.2) is 0 Å². The average Bonchev–Trinajstić information content (AvgIpc) is 2.86. The molecule has 1 aromatic heterocycles. The highest BCUT2D eigenvalue weighted by Gasteiger charge is 2.21. The number of aryl methyl sites for hydroxylation is 1. The van der Waals surface area contributed by atoms with Gasteiger partial charge in [0.25, 0.3) is 0 Å². The molecule has 0 bridgehead atoms. The van der Waals surface area contributed by atoms with Crippen LogP contribution in [0.15, 0.2) is 6.07 Å². The minimum Gasteiger partial charge on any atom is -0.477 e. The van der Waals surface area contributed by atoms with E-state index in [0.717, 1.165) is 17.2 Å². The summed E-state index contributed by atoms with van der Waals surface area (Å²) in [6.45, 7) is 0. The molecule has 1 fully saturated rings. The monoisotopic (exact) mass is 211 g/mol. The van der Waals surface area contributed by atoms with Crippen molar-refractivity contribution >= 4 is 23.0 Å². The Morgan fingerprint density at radius 2 is 2.36 bits per heavy atom. The first-order chi connectivity index (χ1) is 6.66. The molecule has 0 spiro atoms. The van der Waals surface area contributed by atoms with Crippen LogP contribution < -0.4 is 5.73 Å². The molecular formula is C10H13NO2S. The normalized spacial score (nSPS) is 15.7. The summed E-state index contributed by atoms with van der Waals surface area (Å²) in [5.74, 6) is -0.0308. The van der Waals surface area contributed by atoms with Gasteiger partial charge in [0.2, 0.25) is 0 Å². The lowest BCUT2D eigenvalue weighted by atomic mass is 10.2. The maximum atomic E-state index is 10.7. The highest BCUT2D eigenvalue weighted by Crippen LogP contribution is 2.35. The van der Waals surface area contributed by atoms with E-state index < -0.39 is 5.97 Å². The van der Waals surface area contributed by atoms with E-state index in [9.17, 15) is 4.79 Å². The molecule has 76 valence electrons. The van der Waals surface area contributed by atoms with E-state index in [0.29, 0.717) is 5.69 Å². The van der Waals surface area contributed by atoms with Crippen molar-refractivity contribution in [2.24, 2.45) is 5.92 Å². The fourth-order valence-corrected chi connectivity index (χ4v) is 2.43. The van der Waals surface area contributed by atoms with E-state index in [4.69, 9.17) is 10.8 Å². The number of thiophene rings is 1. The summed E-state index contributed by atoms with van der Waals surface area (Å²) in [7, 11) is 0. The summed E-state index contributed by atoms with van der Waals surface area (Å²) in [6, 6.07) is 1.80. The number of carbonyl (C=O) groups is 1. The van der Waals surface area contributed by atoms with Crippen LogP contribution in [0.1, 0.15) is 33.8 Å². The minimum absolute atomic E-state index is 0.288. The third-order valence-electron chi connectivity index (χ3n) is 2.50. The lowest BCUT2D eigenvalue weighted by molar-refractivity contribution is 0.0703. The van der Waals surface area contributed by atoms with Gasteiger partial charge >= 0.3 is 5.97 Å². The van der Waals surface area contributed by atoms with Gasteiger partial charge < -0.3 is 10.8 Å². The molecule has 1 aliphatic carbocycles. The van der Waals surface area contributed by atoms with Gasteiger partial charge in [-0.3, -0.25) is 0 Å². The van der Waals surface area contributed by atoms with Crippen LogP contribution >= 0.6 is 11.3 Å². The van der Waals surface area contributed by atoms with Crippen molar-refractivity contribution in [1.82, 2.24) is 0 Å². The highest BCUT2D eigenvalue weighted by atomic mass is 32.1. The van der Waals surface area contributed by atoms with Crippen molar-refractivity contribution in [3.63, 3.8) is 0 Å². The number of rotatable bonds is 4. The van der Waals surface area contributed by atoms with Crippen LogP contribution in [-0.2, 0) is 6.42 Å². The lowest BCUT2D eigenvalue weighted by Crippen LogP contribution is -1.96. The molecule has 1 heterocycles. The predicted octanol–water partition coefficient (Wildman–Crippen LogP) is 2.37. The Hall–Kier alpha value is -1.03. The van der Waals surface area contributed by atoms with Crippen LogP contribution in [0, 0.1) is 5.92 Å². The Morgan fingerprint density at radius 3 is 2.86 bits per heavy atom. The number of carboxylic acids is 1. The first-order valence-electron chi connectivity index (χ1n) is 4.78. The number of aromatic carboxylic acids is 1. The Labute approximate surface area is 86.6 Å². The Morgan fingerprint density at radius 1 is 1.64 bits per heavy atom. The molecule has 1 aliphatic rings. The smallest absolute Gasteiger partial charge is 0.348 e. The summed E-state index contributed by atoms with van der Waals surface area (Å²) in [5.41, 5.74) is 6.00. The summed E-state index contributed by atoms with van der Waals surface area (Å²) in [5, 5.41) is 8.80. The molecule has 1 aromatic rings. The van der Waals surface area contributed by atoms with Gasteiger partial charge in [0, 0.05) is 4.88 Å². The van der Waals surface area contributed by atoms with Crippen LogP contribution in [0.2, 0.25) is 0 Å². The summed E-state index contributed by atoms with van der Waals surface area (Å²) in [6.07, 6.45) is 4.84. The van der Waals surface area contributed by atoms with E-state index >= 15 is 0 Å². The third kappa shape index (κ3) is 2.07. The maximum absolute atomic E-state index is 10.7. The molecule has 14 heavy (non-hydrogen) atoms. The fourth-order valence-electron chi connectivity index (χ4n) is 1.50. The Balaban J connectivity index is 2.02. The molecule has 0 saturated heterocycles. The first kappa shape index (κ1) is 9.52. The zero-order valence-corrected chi connectivity index (χ0v) is 8.64. The molecule has 2 rings (SSSR count). The van der Waals surface area contributed by atoms with Crippen LogP contribution in [0.3, 0.4) is 0 Å². The van der Waals surface area contributed by atoms with Gasteiger partial charge in [-0.15, -0.1) is 11.3 Å². The van der Waals surface area contributed by atoms with E-state index in [1.807, 2.05) is 0 Å². The second kappa shape index (κ2) is 3.61. The van der Waals surface area contributed by atoms with Crippen molar-refractivity contribution in [1.29, 1.82) is 0 Å². The molecule has 0 aliphatic heterocycles. The molecule has 0 unspecified atom stereocenters. The average molecular weight is 211 g/mol. The molecule has 3 nitrogen and oxygen atoms in total. The van der Waals surface area contributed by atoms with Crippen molar-refractivity contribution in [3.8, 4) is 0 Å². The second-order valence-electron chi connectivity index (χ2n) is 3.78. The van der Waals surface area contributed by atoms with Crippen LogP contribution in [0.25, 0.3) is 0 Å². The third-order valence-corrected chi connectivity index (χ3v) is 3.70. The van der Waals surface area contributed by atoms with Gasteiger partial charge in [-0.1, -0.05) is 12.8 Å².